The van der Waals surface area contributed by atoms with Gasteiger partial charge in [0.15, 0.2) is 0 Å². The predicted octanol–water partition coefficient (Wildman–Crippen LogP) is 1.70. The fourth-order valence-electron chi connectivity index (χ4n) is 1.23. The Balaban J connectivity index is 2.78. The second-order valence-corrected chi connectivity index (χ2v) is 3.83. The second kappa shape index (κ2) is 5.72. The number of carboxylic acids is 1. The maximum Gasteiger partial charge on any atom is 0.335 e. The van der Waals surface area contributed by atoms with Gasteiger partial charge in [-0.1, -0.05) is 6.07 Å². The molecule has 1 rings (SSSR count). The number of aryl methyl sites for hydroxylation is 1. The highest BCUT2D eigenvalue weighted by atomic mass is 35.5. The molecule has 88 valence electrons. The number of benzene rings is 1. The van der Waals surface area contributed by atoms with Crippen LogP contribution in [0.5, 0.6) is 0 Å². The van der Waals surface area contributed by atoms with E-state index >= 15 is 0 Å². The van der Waals surface area contributed by atoms with Gasteiger partial charge in [-0.25, -0.2) is 4.79 Å². The van der Waals surface area contributed by atoms with E-state index in [1.165, 1.54) is 0 Å². The fourth-order valence-corrected chi connectivity index (χ4v) is 1.34. The van der Waals surface area contributed by atoms with E-state index < -0.39 is 12.1 Å². The molecular formula is C11H14ClNO3. The second-order valence-electron chi connectivity index (χ2n) is 3.52. The minimum absolute atomic E-state index is 0.144. The number of carboxylic acid groups (broad SMARTS) is 1. The highest BCUT2D eigenvalue weighted by molar-refractivity contribution is 6.18. The van der Waals surface area contributed by atoms with Crippen molar-refractivity contribution in [3.8, 4) is 0 Å². The van der Waals surface area contributed by atoms with Crippen molar-refractivity contribution in [1.82, 2.24) is 0 Å². The molecule has 0 radical (unpaired) electrons. The molecule has 0 saturated carbocycles. The molecule has 0 heterocycles. The number of hydrogen-bond acceptors (Lipinski definition) is 3. The Bertz CT molecular complexity index is 381. The maximum atomic E-state index is 10.8. The summed E-state index contributed by atoms with van der Waals surface area (Å²) in [5, 5.41) is 21.1. The highest BCUT2D eigenvalue weighted by Crippen LogP contribution is 2.16. The average molecular weight is 244 g/mol. The van der Waals surface area contributed by atoms with Gasteiger partial charge in [0.2, 0.25) is 0 Å². The lowest BCUT2D eigenvalue weighted by molar-refractivity contribution is 0.0697. The highest BCUT2D eigenvalue weighted by Gasteiger charge is 2.07. The van der Waals surface area contributed by atoms with E-state index in [0.29, 0.717) is 12.2 Å². The summed E-state index contributed by atoms with van der Waals surface area (Å²) in [6, 6.07) is 4.80. The van der Waals surface area contributed by atoms with Crippen LogP contribution in [0.25, 0.3) is 0 Å². The third-order valence-electron chi connectivity index (χ3n) is 2.19. The van der Waals surface area contributed by atoms with Gasteiger partial charge in [-0.15, -0.1) is 11.6 Å². The number of anilines is 1. The lowest BCUT2D eigenvalue weighted by atomic mass is 10.1. The van der Waals surface area contributed by atoms with Gasteiger partial charge >= 0.3 is 5.97 Å². The van der Waals surface area contributed by atoms with Crippen LogP contribution in [-0.2, 0) is 0 Å². The SMILES string of the molecule is Cc1ccc(C(=O)O)cc1NCC(O)CCl. The number of halogens is 1. The molecule has 0 aliphatic carbocycles. The smallest absolute Gasteiger partial charge is 0.335 e. The summed E-state index contributed by atoms with van der Waals surface area (Å²) in [6.07, 6.45) is -0.644. The van der Waals surface area contributed by atoms with Crippen molar-refractivity contribution in [2.75, 3.05) is 17.7 Å². The van der Waals surface area contributed by atoms with E-state index in [-0.39, 0.29) is 11.4 Å². The summed E-state index contributed by atoms with van der Waals surface area (Å²) in [5.74, 6) is -0.828. The number of alkyl halides is 1. The summed E-state index contributed by atoms with van der Waals surface area (Å²) in [5.41, 5.74) is 1.84. The number of aliphatic hydroxyl groups excluding tert-OH is 1. The van der Waals surface area contributed by atoms with Crippen molar-refractivity contribution in [3.63, 3.8) is 0 Å². The Morgan fingerprint density at radius 2 is 2.25 bits per heavy atom. The maximum absolute atomic E-state index is 10.8. The minimum atomic E-state index is -0.971. The zero-order valence-corrected chi connectivity index (χ0v) is 9.66. The summed E-state index contributed by atoms with van der Waals surface area (Å²) < 4.78 is 0. The van der Waals surface area contributed by atoms with E-state index in [9.17, 15) is 9.90 Å². The van der Waals surface area contributed by atoms with Crippen LogP contribution in [0.15, 0.2) is 18.2 Å². The third kappa shape index (κ3) is 3.40. The third-order valence-corrected chi connectivity index (χ3v) is 2.55. The minimum Gasteiger partial charge on any atom is -0.478 e. The Morgan fingerprint density at radius 3 is 2.81 bits per heavy atom. The summed E-state index contributed by atoms with van der Waals surface area (Å²) in [4.78, 5) is 10.8. The van der Waals surface area contributed by atoms with Crippen LogP contribution in [0.2, 0.25) is 0 Å². The van der Waals surface area contributed by atoms with Crippen molar-refractivity contribution < 1.29 is 15.0 Å². The van der Waals surface area contributed by atoms with E-state index in [4.69, 9.17) is 16.7 Å². The molecule has 0 bridgehead atoms. The molecule has 0 fully saturated rings. The average Bonchev–Trinajstić information content (AvgIpc) is 2.27. The van der Waals surface area contributed by atoms with E-state index in [2.05, 4.69) is 5.32 Å². The first-order valence-electron chi connectivity index (χ1n) is 4.86. The first-order chi connectivity index (χ1) is 7.54. The van der Waals surface area contributed by atoms with Crippen LogP contribution in [0.4, 0.5) is 5.69 Å². The van der Waals surface area contributed by atoms with Gasteiger partial charge in [0, 0.05) is 12.2 Å². The molecule has 0 spiro atoms. The van der Waals surface area contributed by atoms with Gasteiger partial charge in [0.05, 0.1) is 17.5 Å². The number of aromatic carboxylic acids is 1. The first-order valence-corrected chi connectivity index (χ1v) is 5.40. The van der Waals surface area contributed by atoms with Crippen LogP contribution < -0.4 is 5.32 Å². The molecule has 1 unspecified atom stereocenters. The molecule has 0 aliphatic rings. The lowest BCUT2D eigenvalue weighted by Gasteiger charge is -2.12. The zero-order valence-electron chi connectivity index (χ0n) is 8.90. The normalized spacial score (nSPS) is 12.2. The summed E-state index contributed by atoms with van der Waals surface area (Å²) in [6.45, 7) is 2.16. The molecule has 0 saturated heterocycles. The topological polar surface area (TPSA) is 69.6 Å². The number of rotatable bonds is 5. The molecular weight excluding hydrogens is 230 g/mol. The molecule has 16 heavy (non-hydrogen) atoms. The predicted molar refractivity (Wildman–Crippen MR) is 63.4 cm³/mol. The number of carbonyl (C=O) groups is 1. The Kier molecular flexibility index (Phi) is 4.58. The van der Waals surface area contributed by atoms with Crippen molar-refractivity contribution in [1.29, 1.82) is 0 Å². The zero-order chi connectivity index (χ0) is 12.1. The Labute approximate surface area is 98.9 Å². The van der Waals surface area contributed by atoms with Crippen LogP contribution in [0.1, 0.15) is 15.9 Å². The molecule has 5 heteroatoms. The number of nitrogens with one attached hydrogen (secondary N) is 1. The van der Waals surface area contributed by atoms with Gasteiger partial charge in [0.25, 0.3) is 0 Å². The van der Waals surface area contributed by atoms with Gasteiger partial charge in [-0.2, -0.15) is 0 Å². The number of hydrogen-bond donors (Lipinski definition) is 3. The first kappa shape index (κ1) is 12.8. The van der Waals surface area contributed by atoms with Crippen LogP contribution in [0.3, 0.4) is 0 Å². The largest absolute Gasteiger partial charge is 0.478 e. The summed E-state index contributed by atoms with van der Waals surface area (Å²) in [7, 11) is 0. The fraction of sp³-hybridized carbons (Fsp3) is 0.364. The molecule has 0 aromatic heterocycles. The van der Waals surface area contributed by atoms with E-state index in [1.54, 1.807) is 18.2 Å². The summed E-state index contributed by atoms with van der Waals surface area (Å²) >= 11 is 5.46. The van der Waals surface area contributed by atoms with Gasteiger partial charge in [0.1, 0.15) is 0 Å². The lowest BCUT2D eigenvalue weighted by Crippen LogP contribution is -2.21. The Hall–Kier alpha value is -1.26. The van der Waals surface area contributed by atoms with Crippen molar-refractivity contribution in [2.45, 2.75) is 13.0 Å². The molecule has 0 amide bonds. The quantitative estimate of drug-likeness (QED) is 0.689. The molecule has 0 aliphatic heterocycles. The van der Waals surface area contributed by atoms with Gasteiger partial charge in [-0.05, 0) is 24.6 Å². The molecule has 1 aromatic rings. The van der Waals surface area contributed by atoms with Gasteiger partial charge < -0.3 is 15.5 Å². The van der Waals surface area contributed by atoms with Crippen LogP contribution in [-0.4, -0.2) is 34.7 Å². The van der Waals surface area contributed by atoms with Crippen molar-refractivity contribution in [3.05, 3.63) is 29.3 Å². The van der Waals surface area contributed by atoms with E-state index in [0.717, 1.165) is 5.56 Å². The Morgan fingerprint density at radius 1 is 1.56 bits per heavy atom. The molecule has 1 atom stereocenters. The van der Waals surface area contributed by atoms with Crippen molar-refractivity contribution >= 4 is 23.3 Å². The van der Waals surface area contributed by atoms with Crippen LogP contribution >= 0.6 is 11.6 Å². The molecule has 1 aromatic carbocycles. The molecule has 4 nitrogen and oxygen atoms in total. The van der Waals surface area contributed by atoms with E-state index in [1.807, 2.05) is 6.92 Å². The van der Waals surface area contributed by atoms with Gasteiger partial charge in [-0.3, -0.25) is 0 Å². The number of aliphatic hydroxyl groups is 1. The monoisotopic (exact) mass is 243 g/mol. The van der Waals surface area contributed by atoms with Crippen LogP contribution in [0, 0.1) is 6.92 Å². The molecule has 3 N–H and O–H groups in total. The van der Waals surface area contributed by atoms with Crippen molar-refractivity contribution in [2.24, 2.45) is 0 Å². The standard InChI is InChI=1S/C11H14ClNO3/c1-7-2-3-8(11(15)16)4-10(7)13-6-9(14)5-12/h2-4,9,13-14H,5-6H2,1H3,(H,15,16).